The third-order valence-corrected chi connectivity index (χ3v) is 6.51. The van der Waals surface area contributed by atoms with Crippen LogP contribution >= 0.6 is 0 Å². The molecule has 0 N–H and O–H groups in total. The number of pyridine rings is 1. The highest BCUT2D eigenvalue weighted by Crippen LogP contribution is 2.56. The van der Waals surface area contributed by atoms with E-state index in [1.165, 1.54) is 12.8 Å². The molecule has 0 amide bonds. The Morgan fingerprint density at radius 2 is 2.00 bits per heavy atom. The molecule has 2 aliphatic rings. The van der Waals surface area contributed by atoms with Crippen LogP contribution in [0, 0.1) is 29.1 Å². The molecular formula is C22H33NO. The largest absolute Gasteiger partial charge is 0.488 e. The Morgan fingerprint density at radius 1 is 1.21 bits per heavy atom. The Kier molecular flexibility index (Phi) is 5.03. The van der Waals surface area contributed by atoms with Crippen LogP contribution in [0.25, 0.3) is 0 Å². The Labute approximate surface area is 147 Å². The van der Waals surface area contributed by atoms with Crippen molar-refractivity contribution in [3.05, 3.63) is 36.2 Å². The van der Waals surface area contributed by atoms with Gasteiger partial charge in [0.2, 0.25) is 0 Å². The molecule has 1 fully saturated rings. The van der Waals surface area contributed by atoms with Gasteiger partial charge in [0, 0.05) is 12.6 Å². The molecule has 132 valence electrons. The lowest BCUT2D eigenvalue weighted by Crippen LogP contribution is -2.46. The minimum absolute atomic E-state index is 0.303. The maximum atomic E-state index is 6.22. The Bertz CT molecular complexity index is 577. The Balaban J connectivity index is 1.79. The maximum Gasteiger partial charge on any atom is 0.138 e. The zero-order valence-electron chi connectivity index (χ0n) is 16.0. The molecule has 0 radical (unpaired) electrons. The van der Waals surface area contributed by atoms with Crippen molar-refractivity contribution in [2.24, 2.45) is 29.1 Å². The average Bonchev–Trinajstić information content (AvgIpc) is 2.54. The summed E-state index contributed by atoms with van der Waals surface area (Å²) in [4.78, 5) is 4.17. The first-order valence-electron chi connectivity index (χ1n) is 9.68. The van der Waals surface area contributed by atoms with E-state index in [0.717, 1.165) is 42.3 Å². The van der Waals surface area contributed by atoms with Crippen molar-refractivity contribution in [2.75, 3.05) is 0 Å². The van der Waals surface area contributed by atoms with Gasteiger partial charge < -0.3 is 4.74 Å². The lowest BCUT2D eigenvalue weighted by atomic mass is 9.52. The van der Waals surface area contributed by atoms with E-state index >= 15 is 0 Å². The summed E-state index contributed by atoms with van der Waals surface area (Å²) in [6.45, 7) is 12.2. The molecule has 2 heteroatoms. The zero-order chi connectivity index (χ0) is 17.3. The van der Waals surface area contributed by atoms with Gasteiger partial charge in [-0.05, 0) is 60.5 Å². The summed E-state index contributed by atoms with van der Waals surface area (Å²) in [7, 11) is 0. The zero-order valence-corrected chi connectivity index (χ0v) is 16.0. The van der Waals surface area contributed by atoms with Crippen molar-refractivity contribution < 1.29 is 4.74 Å². The van der Waals surface area contributed by atoms with Crippen LogP contribution in [0.1, 0.15) is 60.3 Å². The van der Waals surface area contributed by atoms with E-state index in [9.17, 15) is 0 Å². The molecule has 0 bridgehead atoms. The normalized spacial score (nSPS) is 33.3. The van der Waals surface area contributed by atoms with Crippen LogP contribution in [0.3, 0.4) is 0 Å². The molecular weight excluding hydrogens is 294 g/mol. The van der Waals surface area contributed by atoms with Crippen molar-refractivity contribution in [3.63, 3.8) is 0 Å². The minimum atomic E-state index is 0.303. The summed E-state index contributed by atoms with van der Waals surface area (Å²) in [5, 5.41) is 0. The smallest absolute Gasteiger partial charge is 0.138 e. The molecule has 1 heterocycles. The quantitative estimate of drug-likeness (QED) is 0.643. The average molecular weight is 328 g/mol. The van der Waals surface area contributed by atoms with Crippen LogP contribution in [0.2, 0.25) is 0 Å². The first-order valence-corrected chi connectivity index (χ1v) is 9.68. The van der Waals surface area contributed by atoms with Crippen molar-refractivity contribution in [1.29, 1.82) is 0 Å². The number of aromatic nitrogens is 1. The maximum absolute atomic E-state index is 6.22. The first-order chi connectivity index (χ1) is 11.4. The second-order valence-electron chi connectivity index (χ2n) is 8.73. The molecule has 2 aliphatic carbocycles. The predicted octanol–water partition coefficient (Wildman–Crippen LogP) is 5.89. The molecule has 0 aliphatic heterocycles. The number of fused-ring (bicyclic) bond motifs is 1. The van der Waals surface area contributed by atoms with Gasteiger partial charge in [-0.3, -0.25) is 4.98 Å². The third-order valence-electron chi connectivity index (χ3n) is 6.51. The topological polar surface area (TPSA) is 22.1 Å². The highest BCUT2D eigenvalue weighted by molar-refractivity contribution is 5.25. The molecule has 3 rings (SSSR count). The van der Waals surface area contributed by atoms with E-state index in [2.05, 4.69) is 45.7 Å². The van der Waals surface area contributed by atoms with E-state index in [-0.39, 0.29) is 0 Å². The minimum Gasteiger partial charge on any atom is -0.488 e. The van der Waals surface area contributed by atoms with Gasteiger partial charge in [-0.25, -0.2) is 0 Å². The van der Waals surface area contributed by atoms with Crippen LogP contribution in [0.5, 0.6) is 5.75 Å². The van der Waals surface area contributed by atoms with Crippen molar-refractivity contribution >= 4 is 0 Å². The van der Waals surface area contributed by atoms with Crippen molar-refractivity contribution in [3.8, 4) is 5.75 Å². The summed E-state index contributed by atoms with van der Waals surface area (Å²) in [5.74, 6) is 4.01. The van der Waals surface area contributed by atoms with Gasteiger partial charge in [-0.15, -0.1) is 0 Å². The number of hydrogen-bond acceptors (Lipinski definition) is 2. The first kappa shape index (κ1) is 17.5. The van der Waals surface area contributed by atoms with Gasteiger partial charge in [-0.2, -0.15) is 0 Å². The molecule has 1 saturated carbocycles. The Hall–Kier alpha value is -1.31. The molecule has 0 aromatic carbocycles. The van der Waals surface area contributed by atoms with E-state index in [1.54, 1.807) is 11.8 Å². The molecule has 0 saturated heterocycles. The number of hydrogen-bond donors (Lipinski definition) is 0. The highest BCUT2D eigenvalue weighted by Gasteiger charge is 2.48. The lowest BCUT2D eigenvalue weighted by molar-refractivity contribution is 0.0201. The van der Waals surface area contributed by atoms with E-state index in [4.69, 9.17) is 4.74 Å². The number of allylic oxidation sites excluding steroid dienone is 1. The summed E-state index contributed by atoms with van der Waals surface area (Å²) in [6, 6.07) is 3.96. The molecule has 1 aromatic rings. The van der Waals surface area contributed by atoms with Crippen LogP contribution in [-0.2, 0) is 0 Å². The van der Waals surface area contributed by atoms with E-state index < -0.39 is 0 Å². The SMILES string of the molecule is CC(C)C1CC=C2C[C@@H](Oc3cccnc3)CC[C@]2(C)C1C(C)C. The lowest BCUT2D eigenvalue weighted by Gasteiger charge is -2.53. The standard InChI is InChI=1S/C22H33NO/c1-15(2)20-9-8-17-13-18(24-19-7-6-12-23-14-19)10-11-22(17,5)21(20)16(3)4/h6-8,12,14-16,18,20-21H,9-11,13H2,1-5H3/t18-,20?,21?,22-/m0/s1. The fraction of sp³-hybridized carbons (Fsp3) is 0.682. The second kappa shape index (κ2) is 6.90. The molecule has 2 nitrogen and oxygen atoms in total. The fourth-order valence-corrected chi connectivity index (χ4v) is 5.42. The highest BCUT2D eigenvalue weighted by atomic mass is 16.5. The van der Waals surface area contributed by atoms with Crippen LogP contribution in [0.15, 0.2) is 36.2 Å². The van der Waals surface area contributed by atoms with Gasteiger partial charge in [0.25, 0.3) is 0 Å². The van der Waals surface area contributed by atoms with Crippen LogP contribution < -0.4 is 4.74 Å². The van der Waals surface area contributed by atoms with Gasteiger partial charge in [0.15, 0.2) is 0 Å². The molecule has 0 spiro atoms. The number of nitrogens with zero attached hydrogens (tertiary/aromatic N) is 1. The third kappa shape index (κ3) is 3.25. The van der Waals surface area contributed by atoms with Gasteiger partial charge in [0.1, 0.15) is 11.9 Å². The summed E-state index contributed by atoms with van der Waals surface area (Å²) >= 11 is 0. The summed E-state index contributed by atoms with van der Waals surface area (Å²) in [6.07, 6.45) is 11.2. The van der Waals surface area contributed by atoms with Crippen molar-refractivity contribution in [1.82, 2.24) is 4.98 Å². The van der Waals surface area contributed by atoms with E-state index in [0.29, 0.717) is 11.5 Å². The van der Waals surface area contributed by atoms with Crippen LogP contribution in [-0.4, -0.2) is 11.1 Å². The fourth-order valence-electron chi connectivity index (χ4n) is 5.42. The Morgan fingerprint density at radius 3 is 2.62 bits per heavy atom. The number of ether oxygens (including phenoxy) is 1. The molecule has 2 unspecified atom stereocenters. The van der Waals surface area contributed by atoms with Gasteiger partial charge in [0.05, 0.1) is 6.20 Å². The summed E-state index contributed by atoms with van der Waals surface area (Å²) < 4.78 is 6.22. The molecule has 4 atom stereocenters. The monoisotopic (exact) mass is 327 g/mol. The van der Waals surface area contributed by atoms with E-state index in [1.807, 2.05) is 18.3 Å². The summed E-state index contributed by atoms with van der Waals surface area (Å²) in [5.41, 5.74) is 2.01. The predicted molar refractivity (Wildman–Crippen MR) is 100.0 cm³/mol. The molecule has 24 heavy (non-hydrogen) atoms. The van der Waals surface area contributed by atoms with Gasteiger partial charge in [-0.1, -0.05) is 46.3 Å². The van der Waals surface area contributed by atoms with Gasteiger partial charge >= 0.3 is 0 Å². The second-order valence-corrected chi connectivity index (χ2v) is 8.73. The number of rotatable bonds is 4. The van der Waals surface area contributed by atoms with Crippen molar-refractivity contribution in [2.45, 2.75) is 66.4 Å². The van der Waals surface area contributed by atoms with Crippen LogP contribution in [0.4, 0.5) is 0 Å². The molecule has 1 aromatic heterocycles.